The molecular formula is C33H51ClN2. The summed E-state index contributed by atoms with van der Waals surface area (Å²) < 4.78 is 0. The summed E-state index contributed by atoms with van der Waals surface area (Å²) in [4.78, 5) is 0. The van der Waals surface area contributed by atoms with Gasteiger partial charge in [0, 0.05) is 21.9 Å². The zero-order chi connectivity index (χ0) is 27.8. The molecule has 0 amide bonds. The number of allylic oxidation sites excluding steroid dienone is 1. The monoisotopic (exact) mass is 510 g/mol. The van der Waals surface area contributed by atoms with Crippen LogP contribution in [0, 0.1) is 5.41 Å². The molecule has 0 aliphatic heterocycles. The van der Waals surface area contributed by atoms with Crippen LogP contribution in [0.3, 0.4) is 0 Å². The highest BCUT2D eigenvalue weighted by molar-refractivity contribution is 6.30. The topological polar surface area (TPSA) is 38.0 Å². The van der Waals surface area contributed by atoms with Crippen molar-refractivity contribution in [1.29, 1.82) is 0 Å². The number of benzene rings is 2. The van der Waals surface area contributed by atoms with E-state index >= 15 is 0 Å². The third-order valence-electron chi connectivity index (χ3n) is 7.10. The van der Waals surface area contributed by atoms with Gasteiger partial charge in [0.05, 0.1) is 0 Å². The van der Waals surface area contributed by atoms with Gasteiger partial charge in [0.25, 0.3) is 0 Å². The van der Waals surface area contributed by atoms with E-state index < -0.39 is 0 Å². The summed E-state index contributed by atoms with van der Waals surface area (Å²) in [5, 5.41) is 4.00. The average Bonchev–Trinajstić information content (AvgIpc) is 2.89. The van der Waals surface area contributed by atoms with Crippen LogP contribution >= 0.6 is 11.6 Å². The molecule has 3 rings (SSSR count). The molecule has 2 unspecified atom stereocenters. The predicted octanol–water partition coefficient (Wildman–Crippen LogP) is 10.8. The molecule has 2 aromatic carbocycles. The molecular weight excluding hydrogens is 460 g/mol. The SMILES string of the molecule is C=C.C=C(C)c1ccc(NC(=C)c2ccc(Cl)cc2)cc1.CC.CCCC1(C)CCCCC1(N)CC. The molecule has 1 aliphatic carbocycles. The lowest BCUT2D eigenvalue weighted by atomic mass is 9.59. The summed E-state index contributed by atoms with van der Waals surface area (Å²) in [6.07, 6.45) is 9.01. The summed E-state index contributed by atoms with van der Waals surface area (Å²) in [7, 11) is 0. The molecule has 1 saturated carbocycles. The number of nitrogens with two attached hydrogens (primary N) is 1. The normalized spacial score (nSPS) is 20.2. The van der Waals surface area contributed by atoms with Crippen LogP contribution < -0.4 is 11.1 Å². The summed E-state index contributed by atoms with van der Waals surface area (Å²) in [6, 6.07) is 15.7. The lowest BCUT2D eigenvalue weighted by Gasteiger charge is -2.50. The van der Waals surface area contributed by atoms with E-state index in [2.05, 4.69) is 52.4 Å². The minimum Gasteiger partial charge on any atom is -0.356 e. The predicted molar refractivity (Wildman–Crippen MR) is 167 cm³/mol. The van der Waals surface area contributed by atoms with Gasteiger partial charge in [0.2, 0.25) is 0 Å². The van der Waals surface area contributed by atoms with Crippen LogP contribution in [0.25, 0.3) is 11.3 Å². The van der Waals surface area contributed by atoms with Crippen LogP contribution in [0.1, 0.15) is 97.6 Å². The first kappa shape index (κ1) is 33.7. The highest BCUT2D eigenvalue weighted by Gasteiger charge is 2.44. The Morgan fingerprint density at radius 1 is 0.917 bits per heavy atom. The van der Waals surface area contributed by atoms with Crippen molar-refractivity contribution in [2.75, 3.05) is 5.32 Å². The van der Waals surface area contributed by atoms with Crippen LogP contribution in [0.15, 0.2) is 74.8 Å². The van der Waals surface area contributed by atoms with Crippen LogP contribution in [-0.4, -0.2) is 5.54 Å². The largest absolute Gasteiger partial charge is 0.356 e. The maximum absolute atomic E-state index is 6.52. The highest BCUT2D eigenvalue weighted by atomic mass is 35.5. The molecule has 3 N–H and O–H groups in total. The van der Waals surface area contributed by atoms with E-state index in [1.165, 1.54) is 38.5 Å². The molecule has 200 valence electrons. The maximum atomic E-state index is 6.52. The third kappa shape index (κ3) is 9.99. The van der Waals surface area contributed by atoms with Gasteiger partial charge in [-0.1, -0.05) is 108 Å². The summed E-state index contributed by atoms with van der Waals surface area (Å²) in [5.41, 5.74) is 12.1. The molecule has 2 aromatic rings. The number of hydrogen-bond donors (Lipinski definition) is 2. The molecule has 0 bridgehead atoms. The minimum absolute atomic E-state index is 0.126. The van der Waals surface area contributed by atoms with Gasteiger partial charge in [-0.15, -0.1) is 13.2 Å². The van der Waals surface area contributed by atoms with Crippen LogP contribution in [0.5, 0.6) is 0 Å². The maximum Gasteiger partial charge on any atom is 0.0406 e. The molecule has 2 atom stereocenters. The van der Waals surface area contributed by atoms with Crippen LogP contribution in [0.4, 0.5) is 5.69 Å². The Morgan fingerprint density at radius 2 is 1.42 bits per heavy atom. The van der Waals surface area contributed by atoms with E-state index in [-0.39, 0.29) is 5.54 Å². The zero-order valence-corrected chi connectivity index (χ0v) is 24.6. The van der Waals surface area contributed by atoms with Crippen molar-refractivity contribution in [3.8, 4) is 0 Å². The Hall–Kier alpha value is -2.29. The second-order valence-electron chi connectivity index (χ2n) is 9.50. The first-order valence-electron chi connectivity index (χ1n) is 13.4. The summed E-state index contributed by atoms with van der Waals surface area (Å²) >= 11 is 5.87. The van der Waals surface area contributed by atoms with Gasteiger partial charge in [0.15, 0.2) is 0 Å². The third-order valence-corrected chi connectivity index (χ3v) is 7.35. The smallest absolute Gasteiger partial charge is 0.0406 e. The molecule has 0 aromatic heterocycles. The van der Waals surface area contributed by atoms with E-state index in [9.17, 15) is 0 Å². The number of anilines is 1. The standard InChI is InChI=1S/C17H16ClN.C12H25N.C2H6.C2H4/c1-12(2)14-6-10-17(11-7-14)19-13(3)15-4-8-16(18)9-5-15;1-4-8-11(3)9-6-7-10-12(11,13)5-2;2*1-2/h4-11,19H,1,3H2,2H3;4-10,13H2,1-3H3;1-2H3;1-2H2. The van der Waals surface area contributed by atoms with Gasteiger partial charge in [-0.05, 0) is 73.4 Å². The van der Waals surface area contributed by atoms with E-state index in [4.69, 9.17) is 17.3 Å². The molecule has 0 radical (unpaired) electrons. The van der Waals surface area contributed by atoms with E-state index in [1.54, 1.807) is 0 Å². The number of rotatable bonds is 7. The highest BCUT2D eigenvalue weighted by Crippen LogP contribution is 2.47. The van der Waals surface area contributed by atoms with Gasteiger partial charge in [-0.25, -0.2) is 0 Å². The Labute approximate surface area is 227 Å². The lowest BCUT2D eigenvalue weighted by molar-refractivity contribution is 0.0654. The number of halogens is 1. The van der Waals surface area contributed by atoms with Crippen molar-refractivity contribution in [2.45, 2.75) is 92.0 Å². The van der Waals surface area contributed by atoms with Crippen molar-refractivity contribution in [2.24, 2.45) is 11.1 Å². The Balaban J connectivity index is 0.000000630. The molecule has 0 saturated heterocycles. The number of hydrogen-bond acceptors (Lipinski definition) is 2. The second-order valence-corrected chi connectivity index (χ2v) is 9.93. The Kier molecular flexibility index (Phi) is 16.1. The van der Waals surface area contributed by atoms with Gasteiger partial charge in [-0.3, -0.25) is 0 Å². The zero-order valence-electron chi connectivity index (χ0n) is 23.9. The lowest BCUT2D eigenvalue weighted by Crippen LogP contribution is -2.55. The first-order valence-corrected chi connectivity index (χ1v) is 13.8. The van der Waals surface area contributed by atoms with E-state index in [0.29, 0.717) is 5.41 Å². The fourth-order valence-corrected chi connectivity index (χ4v) is 4.90. The molecule has 3 heteroatoms. The van der Waals surface area contributed by atoms with E-state index in [1.807, 2.05) is 69.3 Å². The Bertz CT molecular complexity index is 896. The van der Waals surface area contributed by atoms with Crippen LogP contribution in [-0.2, 0) is 0 Å². The molecule has 0 spiro atoms. The summed E-state index contributed by atoms with van der Waals surface area (Å²) in [6.45, 7) is 26.9. The second kappa shape index (κ2) is 17.2. The quantitative estimate of drug-likeness (QED) is 0.363. The van der Waals surface area contributed by atoms with Crippen molar-refractivity contribution in [3.63, 3.8) is 0 Å². The van der Waals surface area contributed by atoms with Gasteiger partial charge < -0.3 is 11.1 Å². The molecule has 36 heavy (non-hydrogen) atoms. The van der Waals surface area contributed by atoms with Crippen molar-refractivity contribution >= 4 is 28.6 Å². The molecule has 0 heterocycles. The molecule has 2 nitrogen and oxygen atoms in total. The minimum atomic E-state index is 0.126. The van der Waals surface area contributed by atoms with Crippen LogP contribution in [0.2, 0.25) is 5.02 Å². The first-order chi connectivity index (χ1) is 17.1. The molecule has 1 aliphatic rings. The van der Waals surface area contributed by atoms with E-state index in [0.717, 1.165) is 39.5 Å². The van der Waals surface area contributed by atoms with Crippen molar-refractivity contribution < 1.29 is 0 Å². The summed E-state index contributed by atoms with van der Waals surface area (Å²) in [5.74, 6) is 0. The van der Waals surface area contributed by atoms with Gasteiger partial charge in [0.1, 0.15) is 0 Å². The van der Waals surface area contributed by atoms with Crippen molar-refractivity contribution in [1.82, 2.24) is 0 Å². The number of nitrogens with one attached hydrogen (secondary N) is 1. The fourth-order valence-electron chi connectivity index (χ4n) is 4.77. The fraction of sp³-hybridized carbons (Fsp3) is 0.455. The average molecular weight is 511 g/mol. The van der Waals surface area contributed by atoms with Gasteiger partial charge in [-0.2, -0.15) is 0 Å². The Morgan fingerprint density at radius 3 is 1.89 bits per heavy atom. The molecule has 1 fully saturated rings. The van der Waals surface area contributed by atoms with Gasteiger partial charge >= 0.3 is 0 Å². The van der Waals surface area contributed by atoms with Crippen molar-refractivity contribution in [3.05, 3.63) is 91.0 Å².